The van der Waals surface area contributed by atoms with Gasteiger partial charge in [-0.3, -0.25) is 4.79 Å². The van der Waals surface area contributed by atoms with E-state index in [1.54, 1.807) is 19.0 Å². The molecule has 144 valence electrons. The number of likely N-dealkylation sites (N-methyl/N-ethyl adjacent to an activating group) is 1. The molecule has 1 atom stereocenters. The van der Waals surface area contributed by atoms with E-state index in [-0.39, 0.29) is 18.6 Å². The van der Waals surface area contributed by atoms with Crippen LogP contribution in [0.15, 0.2) is 4.99 Å². The van der Waals surface area contributed by atoms with Gasteiger partial charge in [-0.1, -0.05) is 13.3 Å². The summed E-state index contributed by atoms with van der Waals surface area (Å²) in [6.45, 7) is 4.07. The van der Waals surface area contributed by atoms with Gasteiger partial charge in [0.2, 0.25) is 5.91 Å². The molecule has 25 heavy (non-hydrogen) atoms. The molecule has 0 aromatic heterocycles. The van der Waals surface area contributed by atoms with Gasteiger partial charge in [-0.05, 0) is 50.9 Å². The molecule has 2 N–H and O–H groups in total. The Kier molecular flexibility index (Phi) is 8.52. The molecule has 0 radical (unpaired) electrons. The zero-order valence-corrected chi connectivity index (χ0v) is 16.2. The lowest BCUT2D eigenvalue weighted by molar-refractivity contribution is -0.127. The van der Waals surface area contributed by atoms with Crippen LogP contribution < -0.4 is 10.6 Å². The molecule has 1 aliphatic carbocycles. The van der Waals surface area contributed by atoms with Crippen molar-refractivity contribution in [3.63, 3.8) is 0 Å². The predicted molar refractivity (Wildman–Crippen MR) is 102 cm³/mol. The highest BCUT2D eigenvalue weighted by atomic mass is 16.5. The first-order valence-corrected chi connectivity index (χ1v) is 9.95. The highest BCUT2D eigenvalue weighted by Crippen LogP contribution is 2.26. The van der Waals surface area contributed by atoms with Crippen molar-refractivity contribution in [1.82, 2.24) is 15.5 Å². The van der Waals surface area contributed by atoms with Crippen molar-refractivity contribution in [2.24, 2.45) is 10.9 Å². The monoisotopic (exact) mass is 352 g/mol. The fourth-order valence-electron chi connectivity index (χ4n) is 3.53. The molecule has 1 amide bonds. The highest BCUT2D eigenvalue weighted by Gasteiger charge is 2.21. The fourth-order valence-corrected chi connectivity index (χ4v) is 3.53. The summed E-state index contributed by atoms with van der Waals surface area (Å²) in [6.07, 6.45) is 9.94. The lowest BCUT2D eigenvalue weighted by atomic mass is 9.84. The zero-order valence-electron chi connectivity index (χ0n) is 16.2. The standard InChI is InChI=1S/C19H36N4O2/c1-4-15-8-10-16(11-9-15)22-19(21-14-18(24)23(2)3)20-13-17-7-5-6-12-25-17/h15-17H,4-14H2,1-3H3,(H2,20,21,22). The van der Waals surface area contributed by atoms with Crippen LogP contribution in [-0.4, -0.2) is 62.7 Å². The Bertz CT molecular complexity index is 425. The quantitative estimate of drug-likeness (QED) is 0.568. The van der Waals surface area contributed by atoms with Crippen LogP contribution in [0.25, 0.3) is 0 Å². The summed E-state index contributed by atoms with van der Waals surface area (Å²) in [5, 5.41) is 6.95. The number of nitrogens with zero attached hydrogens (tertiary/aromatic N) is 2. The van der Waals surface area contributed by atoms with Crippen molar-refractivity contribution in [3.8, 4) is 0 Å². The molecule has 1 saturated carbocycles. The van der Waals surface area contributed by atoms with E-state index in [0.717, 1.165) is 37.9 Å². The summed E-state index contributed by atoms with van der Waals surface area (Å²) in [5.74, 6) is 1.64. The number of carbonyl (C=O) groups excluding carboxylic acids is 1. The van der Waals surface area contributed by atoms with E-state index in [9.17, 15) is 4.79 Å². The molecule has 1 aliphatic heterocycles. The SMILES string of the molecule is CCC1CCC(NC(=NCC(=O)N(C)C)NCC2CCCCO2)CC1. The van der Waals surface area contributed by atoms with Crippen molar-refractivity contribution in [2.45, 2.75) is 70.4 Å². The van der Waals surface area contributed by atoms with Crippen molar-refractivity contribution in [2.75, 3.05) is 33.8 Å². The maximum Gasteiger partial charge on any atom is 0.243 e. The lowest BCUT2D eigenvalue weighted by Gasteiger charge is -2.30. The highest BCUT2D eigenvalue weighted by molar-refractivity contribution is 5.84. The third-order valence-corrected chi connectivity index (χ3v) is 5.41. The molecule has 0 bridgehead atoms. The van der Waals surface area contributed by atoms with E-state index < -0.39 is 0 Å². The Morgan fingerprint density at radius 1 is 1.16 bits per heavy atom. The Morgan fingerprint density at radius 3 is 2.52 bits per heavy atom. The fraction of sp³-hybridized carbons (Fsp3) is 0.895. The van der Waals surface area contributed by atoms with E-state index in [1.165, 1.54) is 38.5 Å². The van der Waals surface area contributed by atoms with Crippen LogP contribution in [0, 0.1) is 5.92 Å². The molecule has 0 aromatic carbocycles. The van der Waals surface area contributed by atoms with E-state index in [4.69, 9.17) is 4.74 Å². The summed E-state index contributed by atoms with van der Waals surface area (Å²) >= 11 is 0. The number of hydrogen-bond acceptors (Lipinski definition) is 3. The number of aliphatic imine (C=N–C) groups is 1. The van der Waals surface area contributed by atoms with Crippen LogP contribution in [0.5, 0.6) is 0 Å². The van der Waals surface area contributed by atoms with Gasteiger partial charge in [-0.25, -0.2) is 4.99 Å². The Hall–Kier alpha value is -1.30. The van der Waals surface area contributed by atoms with Gasteiger partial charge in [0.1, 0.15) is 6.54 Å². The topological polar surface area (TPSA) is 66.0 Å². The van der Waals surface area contributed by atoms with Crippen LogP contribution in [0.4, 0.5) is 0 Å². The van der Waals surface area contributed by atoms with Crippen LogP contribution in [0.3, 0.4) is 0 Å². The number of amides is 1. The molecule has 2 fully saturated rings. The molecule has 2 rings (SSSR count). The van der Waals surface area contributed by atoms with Crippen LogP contribution in [0.1, 0.15) is 58.3 Å². The largest absolute Gasteiger partial charge is 0.376 e. The smallest absolute Gasteiger partial charge is 0.243 e. The van der Waals surface area contributed by atoms with Crippen molar-refractivity contribution >= 4 is 11.9 Å². The summed E-state index contributed by atoms with van der Waals surface area (Å²) < 4.78 is 5.79. The van der Waals surface area contributed by atoms with Gasteiger partial charge < -0.3 is 20.3 Å². The van der Waals surface area contributed by atoms with Crippen molar-refractivity contribution < 1.29 is 9.53 Å². The molecule has 2 aliphatic rings. The van der Waals surface area contributed by atoms with Gasteiger partial charge in [0.15, 0.2) is 5.96 Å². The van der Waals surface area contributed by atoms with Gasteiger partial charge in [0, 0.05) is 33.3 Å². The second-order valence-electron chi connectivity index (χ2n) is 7.59. The number of ether oxygens (including phenoxy) is 1. The average Bonchev–Trinajstić information content (AvgIpc) is 2.65. The number of rotatable bonds is 6. The normalized spacial score (nSPS) is 27.6. The second-order valence-corrected chi connectivity index (χ2v) is 7.59. The average molecular weight is 353 g/mol. The maximum atomic E-state index is 11.9. The number of nitrogens with one attached hydrogen (secondary N) is 2. The Balaban J connectivity index is 1.86. The second kappa shape index (κ2) is 10.6. The number of hydrogen-bond donors (Lipinski definition) is 2. The summed E-state index contributed by atoms with van der Waals surface area (Å²) in [6, 6.07) is 0.454. The molecule has 6 nitrogen and oxygen atoms in total. The Labute approximate surface area is 152 Å². The minimum absolute atomic E-state index is 0.0182. The van der Waals surface area contributed by atoms with Gasteiger partial charge >= 0.3 is 0 Å². The predicted octanol–water partition coefficient (Wildman–Crippen LogP) is 2.15. The van der Waals surface area contributed by atoms with Gasteiger partial charge in [0.25, 0.3) is 0 Å². The maximum absolute atomic E-state index is 11.9. The minimum atomic E-state index is 0.0182. The van der Waals surface area contributed by atoms with Gasteiger partial charge in [-0.15, -0.1) is 0 Å². The Morgan fingerprint density at radius 2 is 1.92 bits per heavy atom. The third kappa shape index (κ3) is 7.22. The van der Waals surface area contributed by atoms with Crippen molar-refractivity contribution in [3.05, 3.63) is 0 Å². The van der Waals surface area contributed by atoms with E-state index >= 15 is 0 Å². The molecule has 1 saturated heterocycles. The third-order valence-electron chi connectivity index (χ3n) is 5.41. The zero-order chi connectivity index (χ0) is 18.1. The van der Waals surface area contributed by atoms with E-state index in [1.807, 2.05) is 0 Å². The minimum Gasteiger partial charge on any atom is -0.376 e. The first-order chi connectivity index (χ1) is 12.1. The lowest BCUT2D eigenvalue weighted by Crippen LogP contribution is -2.48. The summed E-state index contributed by atoms with van der Waals surface area (Å²) in [5.41, 5.74) is 0. The molecule has 6 heteroatoms. The first kappa shape index (κ1) is 20.0. The molecule has 0 aromatic rings. The number of guanidine groups is 1. The first-order valence-electron chi connectivity index (χ1n) is 9.95. The van der Waals surface area contributed by atoms with Crippen LogP contribution in [0.2, 0.25) is 0 Å². The van der Waals surface area contributed by atoms with Gasteiger partial charge in [-0.2, -0.15) is 0 Å². The van der Waals surface area contributed by atoms with Crippen molar-refractivity contribution in [1.29, 1.82) is 0 Å². The molecular weight excluding hydrogens is 316 g/mol. The number of carbonyl (C=O) groups is 1. The molecular formula is C19H36N4O2. The molecule has 0 spiro atoms. The van der Waals surface area contributed by atoms with E-state index in [0.29, 0.717) is 6.04 Å². The summed E-state index contributed by atoms with van der Waals surface area (Å²) in [7, 11) is 3.53. The van der Waals surface area contributed by atoms with Crippen LogP contribution >= 0.6 is 0 Å². The molecule has 1 heterocycles. The van der Waals surface area contributed by atoms with Crippen LogP contribution in [-0.2, 0) is 9.53 Å². The van der Waals surface area contributed by atoms with E-state index in [2.05, 4.69) is 22.5 Å². The molecule has 1 unspecified atom stereocenters. The van der Waals surface area contributed by atoms with Gasteiger partial charge in [0.05, 0.1) is 6.10 Å². The summed E-state index contributed by atoms with van der Waals surface area (Å²) in [4.78, 5) is 18.0.